The predicted octanol–water partition coefficient (Wildman–Crippen LogP) is 3.42. The Kier molecular flexibility index (Phi) is 6.60. The van der Waals surface area contributed by atoms with Gasteiger partial charge in [0, 0.05) is 54.6 Å². The van der Waals surface area contributed by atoms with Crippen molar-refractivity contribution in [3.63, 3.8) is 0 Å². The molecule has 10 nitrogen and oxygen atoms in total. The van der Waals surface area contributed by atoms with E-state index in [4.69, 9.17) is 5.73 Å². The molecule has 0 saturated heterocycles. The van der Waals surface area contributed by atoms with Crippen molar-refractivity contribution in [3.05, 3.63) is 96.4 Å². The highest BCUT2D eigenvalue weighted by Gasteiger charge is 2.26. The zero-order valence-corrected chi connectivity index (χ0v) is 22.3. The summed E-state index contributed by atoms with van der Waals surface area (Å²) in [6.45, 7) is 5.42. The van der Waals surface area contributed by atoms with Gasteiger partial charge in [-0.15, -0.1) is 0 Å². The van der Waals surface area contributed by atoms with Gasteiger partial charge in [-0.1, -0.05) is 18.2 Å². The van der Waals surface area contributed by atoms with Crippen LogP contribution in [0.25, 0.3) is 22.2 Å². The molecule has 3 N–H and O–H groups in total. The van der Waals surface area contributed by atoms with Crippen molar-refractivity contribution >= 4 is 17.0 Å². The zero-order chi connectivity index (χ0) is 27.9. The number of hydrogen-bond donors (Lipinski definition) is 2. The summed E-state index contributed by atoms with van der Waals surface area (Å²) in [6.07, 6.45) is 13.2. The van der Waals surface area contributed by atoms with Crippen LogP contribution in [0, 0.1) is 5.82 Å². The lowest BCUT2D eigenvalue weighted by Gasteiger charge is -2.28. The number of nitrogens with zero attached hydrogens (tertiary/aromatic N) is 8. The Hall–Kier alpha value is -4.48. The number of hydrogen-bond acceptors (Lipinski definition) is 8. The molecule has 204 valence electrons. The van der Waals surface area contributed by atoms with E-state index in [9.17, 15) is 9.50 Å². The normalized spacial score (nSPS) is 16.1. The fourth-order valence-electron chi connectivity index (χ4n) is 5.00. The van der Waals surface area contributed by atoms with Gasteiger partial charge in [0.25, 0.3) is 0 Å². The molecule has 5 aromatic rings. The molecule has 1 unspecified atom stereocenters. The Morgan fingerprint density at radius 1 is 1.02 bits per heavy atom. The van der Waals surface area contributed by atoms with E-state index < -0.39 is 11.6 Å². The van der Waals surface area contributed by atoms with Crippen molar-refractivity contribution in [3.8, 4) is 11.1 Å². The topological polar surface area (TPSA) is 123 Å². The van der Waals surface area contributed by atoms with E-state index in [1.165, 1.54) is 12.1 Å². The number of anilines is 1. The molecule has 1 aromatic carbocycles. The van der Waals surface area contributed by atoms with E-state index in [2.05, 4.69) is 42.2 Å². The van der Waals surface area contributed by atoms with Gasteiger partial charge in [0.15, 0.2) is 0 Å². The molecule has 1 aliphatic heterocycles. The van der Waals surface area contributed by atoms with E-state index in [0.29, 0.717) is 19.0 Å². The average Bonchev–Trinajstić information content (AvgIpc) is 3.60. The molecule has 0 saturated carbocycles. The van der Waals surface area contributed by atoms with Crippen LogP contribution >= 0.6 is 0 Å². The van der Waals surface area contributed by atoms with Crippen molar-refractivity contribution < 1.29 is 9.50 Å². The third-order valence-corrected chi connectivity index (χ3v) is 7.30. The maximum absolute atomic E-state index is 13.4. The predicted molar refractivity (Wildman–Crippen MR) is 150 cm³/mol. The van der Waals surface area contributed by atoms with E-state index in [1.54, 1.807) is 48.7 Å². The average molecular weight is 540 g/mol. The van der Waals surface area contributed by atoms with Crippen LogP contribution in [0.15, 0.2) is 73.7 Å². The van der Waals surface area contributed by atoms with Crippen molar-refractivity contribution in [2.75, 3.05) is 18.0 Å². The van der Waals surface area contributed by atoms with Gasteiger partial charge in [-0.05, 0) is 49.6 Å². The summed E-state index contributed by atoms with van der Waals surface area (Å²) in [5.41, 5.74) is 12.2. The van der Waals surface area contributed by atoms with Crippen LogP contribution in [0.3, 0.4) is 0 Å². The fourth-order valence-corrected chi connectivity index (χ4v) is 5.00. The second-order valence-corrected chi connectivity index (χ2v) is 10.4. The van der Waals surface area contributed by atoms with Crippen LogP contribution in [0.1, 0.15) is 37.1 Å². The van der Waals surface area contributed by atoms with Crippen molar-refractivity contribution in [2.24, 2.45) is 5.73 Å². The van der Waals surface area contributed by atoms with Crippen molar-refractivity contribution in [1.82, 2.24) is 34.3 Å². The highest BCUT2D eigenvalue weighted by Crippen LogP contribution is 2.30. The Morgan fingerprint density at radius 3 is 2.50 bits per heavy atom. The van der Waals surface area contributed by atoms with Crippen LogP contribution in [0.5, 0.6) is 0 Å². The third kappa shape index (κ3) is 4.96. The Morgan fingerprint density at radius 2 is 1.80 bits per heavy atom. The molecule has 40 heavy (non-hydrogen) atoms. The number of rotatable bonds is 7. The molecule has 0 radical (unpaired) electrons. The molecule has 4 aromatic heterocycles. The van der Waals surface area contributed by atoms with Crippen LogP contribution < -0.4 is 10.6 Å². The quantitative estimate of drug-likeness (QED) is 0.323. The highest BCUT2D eigenvalue weighted by atomic mass is 19.1. The van der Waals surface area contributed by atoms with E-state index in [-0.39, 0.29) is 5.82 Å². The summed E-state index contributed by atoms with van der Waals surface area (Å²) in [7, 11) is 0. The maximum atomic E-state index is 13.4. The second kappa shape index (κ2) is 10.2. The molecular weight excluding hydrogens is 509 g/mol. The lowest BCUT2D eigenvalue weighted by molar-refractivity contribution is 0.168. The Balaban J connectivity index is 1.19. The summed E-state index contributed by atoms with van der Waals surface area (Å²) in [6, 6.07) is 8.24. The SMILES string of the molecule is C[C@H](O)Cn1cc(-c2cc3c(C4=CCN(c5ncc(C(C)(N)c6ccc(F)cc6)cn5)CC4)ncnn3c2)cn1. The molecule has 0 spiro atoms. The first kappa shape index (κ1) is 25.8. The molecule has 11 heteroatoms. The zero-order valence-electron chi connectivity index (χ0n) is 22.3. The summed E-state index contributed by atoms with van der Waals surface area (Å²) in [4.78, 5) is 15.9. The van der Waals surface area contributed by atoms with Crippen LogP contribution in [-0.2, 0) is 12.1 Å². The molecule has 2 atom stereocenters. The van der Waals surface area contributed by atoms with Crippen molar-refractivity contribution in [1.29, 1.82) is 0 Å². The van der Waals surface area contributed by atoms with E-state index in [1.807, 2.05) is 23.8 Å². The summed E-state index contributed by atoms with van der Waals surface area (Å²) in [5.74, 6) is 0.325. The van der Waals surface area contributed by atoms with Gasteiger partial charge in [-0.2, -0.15) is 10.2 Å². The van der Waals surface area contributed by atoms with Gasteiger partial charge in [-0.3, -0.25) is 4.68 Å². The van der Waals surface area contributed by atoms with Gasteiger partial charge in [-0.25, -0.2) is 23.9 Å². The maximum Gasteiger partial charge on any atom is 0.225 e. The Bertz CT molecular complexity index is 1670. The van der Waals surface area contributed by atoms with E-state index in [0.717, 1.165) is 52.0 Å². The number of aliphatic hydroxyl groups excluding tert-OH is 1. The summed E-state index contributed by atoms with van der Waals surface area (Å²) in [5, 5.41) is 18.4. The molecule has 0 fully saturated rings. The third-order valence-electron chi connectivity index (χ3n) is 7.30. The molecule has 1 aliphatic rings. The molecule has 0 amide bonds. The smallest absolute Gasteiger partial charge is 0.225 e. The fraction of sp³-hybridized carbons (Fsp3) is 0.276. The van der Waals surface area contributed by atoms with Crippen LogP contribution in [0.4, 0.5) is 10.3 Å². The monoisotopic (exact) mass is 539 g/mol. The number of aliphatic hydroxyl groups is 1. The van der Waals surface area contributed by atoms with Gasteiger partial charge >= 0.3 is 0 Å². The molecule has 0 bridgehead atoms. The Labute approximate surface area is 230 Å². The highest BCUT2D eigenvalue weighted by molar-refractivity contribution is 5.80. The van der Waals surface area contributed by atoms with Crippen LogP contribution in [-0.4, -0.2) is 58.6 Å². The first-order valence-electron chi connectivity index (χ1n) is 13.1. The summed E-state index contributed by atoms with van der Waals surface area (Å²) >= 11 is 0. The molecule has 6 rings (SSSR count). The molecule has 5 heterocycles. The lowest BCUT2D eigenvalue weighted by atomic mass is 9.87. The van der Waals surface area contributed by atoms with Gasteiger partial charge in [0.2, 0.25) is 5.95 Å². The first-order chi connectivity index (χ1) is 19.3. The minimum absolute atomic E-state index is 0.301. The minimum Gasteiger partial charge on any atom is -0.391 e. The van der Waals surface area contributed by atoms with Gasteiger partial charge in [0.05, 0.1) is 35.6 Å². The van der Waals surface area contributed by atoms with Gasteiger partial charge < -0.3 is 15.7 Å². The first-order valence-corrected chi connectivity index (χ1v) is 13.1. The number of halogens is 1. The number of benzene rings is 1. The number of fused-ring (bicyclic) bond motifs is 1. The van der Waals surface area contributed by atoms with Crippen LogP contribution in [0.2, 0.25) is 0 Å². The second-order valence-electron chi connectivity index (χ2n) is 10.4. The summed E-state index contributed by atoms with van der Waals surface area (Å²) < 4.78 is 16.9. The standard InChI is InChI=1S/C29H30FN9O/c1-19(40)15-38-16-22(12-35-38)21-11-26-27(34-18-36-39(26)17-21)20-7-9-37(10-8-20)28-32-13-24(14-33-28)29(2,31)23-3-5-25(30)6-4-23/h3-7,11-14,16-19,40H,8-10,15,31H2,1-2H3/t19-,29?/m0/s1. The lowest BCUT2D eigenvalue weighted by Crippen LogP contribution is -2.35. The molecule has 0 aliphatic carbocycles. The molecular formula is C29H30FN9O. The number of nitrogens with two attached hydrogens (primary N) is 1. The van der Waals surface area contributed by atoms with E-state index >= 15 is 0 Å². The van der Waals surface area contributed by atoms with Crippen molar-refractivity contribution in [2.45, 2.75) is 38.5 Å². The number of aromatic nitrogens is 7. The largest absolute Gasteiger partial charge is 0.391 e. The minimum atomic E-state index is -0.842. The van der Waals surface area contributed by atoms with Gasteiger partial charge in [0.1, 0.15) is 12.1 Å².